The number of benzene rings is 1. The number of ether oxygens (including phenoxy) is 1. The summed E-state index contributed by atoms with van der Waals surface area (Å²) in [6.45, 7) is 1.75. The summed E-state index contributed by atoms with van der Waals surface area (Å²) < 4.78 is 2.80. The number of hydrogen-bond donors (Lipinski definition) is 1. The molecule has 160 valence electrons. The number of carbonyl (C=O) groups is 2. The van der Waals surface area contributed by atoms with Crippen molar-refractivity contribution < 1.29 is 14.3 Å². The number of esters is 1. The first kappa shape index (κ1) is 21.9. The summed E-state index contributed by atoms with van der Waals surface area (Å²) in [4.78, 5) is 30.4. The highest BCUT2D eigenvalue weighted by Crippen LogP contribution is 2.46. The van der Waals surface area contributed by atoms with E-state index in [4.69, 9.17) is 39.5 Å². The van der Waals surface area contributed by atoms with Gasteiger partial charge in [-0.15, -0.1) is 0 Å². The number of alkyl halides is 3. The Labute approximate surface area is 195 Å². The summed E-state index contributed by atoms with van der Waals surface area (Å²) in [5.74, 6) is -1.41. The zero-order valence-electron chi connectivity index (χ0n) is 16.6. The summed E-state index contributed by atoms with van der Waals surface area (Å²) in [5, 5.41) is 3.26. The Morgan fingerprint density at radius 1 is 1.06 bits per heavy atom. The van der Waals surface area contributed by atoms with Gasteiger partial charge in [0.1, 0.15) is 0 Å². The third-order valence-corrected chi connectivity index (χ3v) is 5.80. The van der Waals surface area contributed by atoms with Gasteiger partial charge >= 0.3 is 9.95 Å². The molecule has 1 aromatic heterocycles. The maximum atomic E-state index is 13.4. The molecule has 0 bridgehead atoms. The lowest BCUT2D eigenvalue weighted by Gasteiger charge is -2.36. The molecule has 2 atom stereocenters. The van der Waals surface area contributed by atoms with E-state index in [0.29, 0.717) is 24.1 Å². The number of hydrogen-bond acceptors (Lipinski definition) is 5. The van der Waals surface area contributed by atoms with Gasteiger partial charge in [-0.05, 0) is 77.3 Å². The summed E-state index contributed by atoms with van der Waals surface area (Å²) in [5.41, 5.74) is 3.98. The van der Waals surface area contributed by atoms with Gasteiger partial charge in [-0.2, -0.15) is 0 Å². The maximum Gasteiger partial charge on any atom is 0.341 e. The molecule has 0 saturated heterocycles. The van der Waals surface area contributed by atoms with Crippen LogP contribution < -0.4 is 5.32 Å². The van der Waals surface area contributed by atoms with E-state index < -0.39 is 15.9 Å². The monoisotopic (exact) mass is 476 g/mol. The molecule has 1 aliphatic heterocycles. The lowest BCUT2D eigenvalue weighted by Crippen LogP contribution is -2.36. The SMILES string of the molecule is CC1=C(C(=O)OC(Cl)(Cl)Cl)C(c2ccncc2)C2=C(CC(c3ccccc3)CC2=O)N1. The topological polar surface area (TPSA) is 68.3 Å². The highest BCUT2D eigenvalue weighted by molar-refractivity contribution is 6.66. The predicted octanol–water partition coefficient (Wildman–Crippen LogP) is 5.31. The summed E-state index contributed by atoms with van der Waals surface area (Å²) in [6, 6.07) is 13.5. The number of allylic oxidation sites excluding steroid dienone is 3. The molecule has 8 heteroatoms. The second-order valence-electron chi connectivity index (χ2n) is 7.54. The molecule has 0 saturated carbocycles. The molecule has 31 heavy (non-hydrogen) atoms. The van der Waals surface area contributed by atoms with E-state index in [1.807, 2.05) is 30.3 Å². The zero-order chi connectivity index (χ0) is 22.2. The highest BCUT2D eigenvalue weighted by Gasteiger charge is 2.42. The molecule has 2 aliphatic rings. The second-order valence-corrected chi connectivity index (χ2v) is 9.72. The van der Waals surface area contributed by atoms with E-state index in [2.05, 4.69) is 10.3 Å². The van der Waals surface area contributed by atoms with Crippen LogP contribution in [0.25, 0.3) is 0 Å². The maximum absolute atomic E-state index is 13.4. The van der Waals surface area contributed by atoms with Crippen LogP contribution in [-0.4, -0.2) is 20.7 Å². The molecule has 0 fully saturated rings. The van der Waals surface area contributed by atoms with E-state index >= 15 is 0 Å². The lowest BCUT2D eigenvalue weighted by molar-refractivity contribution is -0.140. The Balaban J connectivity index is 1.78. The molecule has 2 heterocycles. The molecule has 2 unspecified atom stereocenters. The molecule has 1 aliphatic carbocycles. The van der Waals surface area contributed by atoms with Crippen LogP contribution in [0.1, 0.15) is 42.7 Å². The van der Waals surface area contributed by atoms with Gasteiger partial charge in [0.25, 0.3) is 0 Å². The first-order valence-electron chi connectivity index (χ1n) is 9.73. The Morgan fingerprint density at radius 2 is 1.74 bits per heavy atom. The van der Waals surface area contributed by atoms with Crippen molar-refractivity contribution in [3.8, 4) is 0 Å². The van der Waals surface area contributed by atoms with Crippen molar-refractivity contribution in [2.24, 2.45) is 0 Å². The second kappa shape index (κ2) is 8.65. The van der Waals surface area contributed by atoms with Crippen molar-refractivity contribution >= 4 is 46.6 Å². The van der Waals surface area contributed by atoms with Crippen LogP contribution in [0.2, 0.25) is 0 Å². The van der Waals surface area contributed by atoms with Crippen LogP contribution >= 0.6 is 34.8 Å². The molecular formula is C23H19Cl3N2O3. The van der Waals surface area contributed by atoms with Gasteiger partial charge < -0.3 is 10.1 Å². The molecule has 0 amide bonds. The average Bonchev–Trinajstić information content (AvgIpc) is 2.72. The van der Waals surface area contributed by atoms with E-state index in [1.165, 1.54) is 0 Å². The van der Waals surface area contributed by atoms with Gasteiger partial charge in [0.2, 0.25) is 0 Å². The normalized spacial score (nSPS) is 21.5. The number of Topliss-reactive ketones (excluding diaryl/α,β-unsaturated/α-hetero) is 1. The fraction of sp³-hybridized carbons (Fsp3) is 0.261. The molecule has 0 radical (unpaired) electrons. The minimum Gasteiger partial charge on any atom is -0.411 e. The number of aromatic nitrogens is 1. The summed E-state index contributed by atoms with van der Waals surface area (Å²) in [7, 11) is 0. The molecule has 5 nitrogen and oxygen atoms in total. The number of dihydropyridines is 1. The number of nitrogens with zero attached hydrogens (tertiary/aromatic N) is 1. The van der Waals surface area contributed by atoms with Gasteiger partial charge in [0.15, 0.2) is 5.78 Å². The molecule has 4 rings (SSSR count). The van der Waals surface area contributed by atoms with E-state index in [1.54, 1.807) is 31.5 Å². The molecule has 2 aromatic rings. The van der Waals surface area contributed by atoms with Crippen molar-refractivity contribution in [1.29, 1.82) is 0 Å². The third-order valence-electron chi connectivity index (χ3n) is 5.57. The van der Waals surface area contributed by atoms with Crippen molar-refractivity contribution in [2.45, 2.75) is 35.6 Å². The number of rotatable bonds is 3. The van der Waals surface area contributed by atoms with Gasteiger partial charge in [-0.25, -0.2) is 4.79 Å². The van der Waals surface area contributed by atoms with Gasteiger partial charge in [-0.1, -0.05) is 30.3 Å². The number of nitrogens with one attached hydrogen (secondary N) is 1. The number of ketones is 1. The van der Waals surface area contributed by atoms with Crippen molar-refractivity contribution in [3.63, 3.8) is 0 Å². The quantitative estimate of drug-likeness (QED) is 0.479. The molecular weight excluding hydrogens is 459 g/mol. The standard InChI is InChI=1S/C23H19Cl3N2O3/c1-13-19(22(30)31-23(24,25)26)20(15-7-9-27-10-8-15)21-17(28-13)11-16(12-18(21)29)14-5-3-2-4-6-14/h2-10,16,20,28H,11-12H2,1H3. The Bertz CT molecular complexity index is 1080. The zero-order valence-corrected chi connectivity index (χ0v) is 18.8. The lowest BCUT2D eigenvalue weighted by atomic mass is 9.72. The minimum absolute atomic E-state index is 0.0314. The van der Waals surface area contributed by atoms with Crippen LogP contribution in [0.5, 0.6) is 0 Å². The van der Waals surface area contributed by atoms with Gasteiger partial charge in [0, 0.05) is 41.7 Å². The first-order valence-corrected chi connectivity index (χ1v) is 10.9. The molecule has 1 aromatic carbocycles. The summed E-state index contributed by atoms with van der Waals surface area (Å²) in [6.07, 6.45) is 4.23. The third kappa shape index (κ3) is 4.64. The summed E-state index contributed by atoms with van der Waals surface area (Å²) >= 11 is 17.1. The fourth-order valence-electron chi connectivity index (χ4n) is 4.32. The Hall–Kier alpha value is -2.34. The van der Waals surface area contributed by atoms with Crippen LogP contribution in [0.15, 0.2) is 77.4 Å². The van der Waals surface area contributed by atoms with Crippen molar-refractivity contribution in [3.05, 3.63) is 88.5 Å². The predicted molar refractivity (Wildman–Crippen MR) is 120 cm³/mol. The molecule has 1 N–H and O–H groups in total. The average molecular weight is 478 g/mol. The largest absolute Gasteiger partial charge is 0.411 e. The van der Waals surface area contributed by atoms with Crippen LogP contribution in [0.3, 0.4) is 0 Å². The number of halogens is 3. The Morgan fingerprint density at radius 3 is 2.39 bits per heavy atom. The van der Waals surface area contributed by atoms with Crippen molar-refractivity contribution in [2.75, 3.05) is 0 Å². The van der Waals surface area contributed by atoms with Crippen LogP contribution in [0, 0.1) is 0 Å². The van der Waals surface area contributed by atoms with E-state index in [-0.39, 0.29) is 17.3 Å². The van der Waals surface area contributed by atoms with Crippen LogP contribution in [-0.2, 0) is 14.3 Å². The Kier molecular flexibility index (Phi) is 6.11. The number of carbonyl (C=O) groups excluding carboxylic acids is 2. The minimum atomic E-state index is -2.21. The van der Waals surface area contributed by atoms with Crippen molar-refractivity contribution in [1.82, 2.24) is 10.3 Å². The van der Waals surface area contributed by atoms with E-state index in [0.717, 1.165) is 16.8 Å². The van der Waals surface area contributed by atoms with E-state index in [9.17, 15) is 9.59 Å². The first-order chi connectivity index (χ1) is 14.7. The van der Waals surface area contributed by atoms with Crippen LogP contribution in [0.4, 0.5) is 0 Å². The fourth-order valence-corrected chi connectivity index (χ4v) is 4.53. The molecule has 0 spiro atoms. The van der Waals surface area contributed by atoms with Gasteiger partial charge in [0.05, 0.1) is 5.57 Å². The number of pyridine rings is 1. The highest BCUT2D eigenvalue weighted by atomic mass is 35.6. The smallest absolute Gasteiger partial charge is 0.341 e. The van der Waals surface area contributed by atoms with Gasteiger partial charge in [-0.3, -0.25) is 9.78 Å².